The molecular weight excluding hydrogens is 378 g/mol. The fourth-order valence-corrected chi connectivity index (χ4v) is 2.82. The molecule has 4 aromatic rings. The summed E-state index contributed by atoms with van der Waals surface area (Å²) in [6.07, 6.45) is 5.01. The lowest BCUT2D eigenvalue weighted by atomic mass is 10.1. The van der Waals surface area contributed by atoms with E-state index in [1.807, 2.05) is 31.2 Å². The monoisotopic (exact) mass is 395 g/mol. The minimum absolute atomic E-state index is 0.258. The van der Waals surface area contributed by atoms with Gasteiger partial charge in [0.25, 0.3) is 11.9 Å². The lowest BCUT2D eigenvalue weighted by molar-refractivity contribution is 0.102. The van der Waals surface area contributed by atoms with Crippen molar-refractivity contribution in [3.8, 4) is 17.4 Å². The number of benzene rings is 2. The number of carbonyl (C=O) groups excluding carboxylic acids is 1. The Hall–Kier alpha value is -4.44. The Kier molecular flexibility index (Phi) is 5.22. The Labute approximate surface area is 173 Å². The van der Waals surface area contributed by atoms with E-state index in [4.69, 9.17) is 9.68 Å². The van der Waals surface area contributed by atoms with Crippen LogP contribution in [0.5, 0.6) is 0 Å². The second-order valence-electron chi connectivity index (χ2n) is 6.57. The first-order valence-corrected chi connectivity index (χ1v) is 9.18. The van der Waals surface area contributed by atoms with Gasteiger partial charge in [-0.3, -0.25) is 9.78 Å². The number of oxazole rings is 1. The van der Waals surface area contributed by atoms with Gasteiger partial charge >= 0.3 is 0 Å². The maximum absolute atomic E-state index is 12.6. The maximum Gasteiger partial charge on any atom is 0.299 e. The molecule has 0 radical (unpaired) electrons. The molecule has 0 saturated heterocycles. The molecule has 7 heteroatoms. The molecule has 0 aliphatic carbocycles. The summed E-state index contributed by atoms with van der Waals surface area (Å²) in [6, 6.07) is 18.1. The highest BCUT2D eigenvalue weighted by molar-refractivity contribution is 6.05. The lowest BCUT2D eigenvalue weighted by Crippen LogP contribution is -2.12. The van der Waals surface area contributed by atoms with Crippen molar-refractivity contribution in [3.63, 3.8) is 0 Å². The molecule has 2 aromatic carbocycles. The Morgan fingerprint density at radius 2 is 1.93 bits per heavy atom. The van der Waals surface area contributed by atoms with Crippen molar-refractivity contribution in [2.45, 2.75) is 6.92 Å². The molecule has 0 atom stereocenters. The van der Waals surface area contributed by atoms with Gasteiger partial charge in [0.1, 0.15) is 0 Å². The van der Waals surface area contributed by atoms with E-state index in [-0.39, 0.29) is 5.91 Å². The van der Waals surface area contributed by atoms with Gasteiger partial charge < -0.3 is 15.1 Å². The van der Waals surface area contributed by atoms with Crippen molar-refractivity contribution in [2.24, 2.45) is 0 Å². The van der Waals surface area contributed by atoms with Gasteiger partial charge in [-0.15, -0.1) is 0 Å². The van der Waals surface area contributed by atoms with Crippen LogP contribution in [0.2, 0.25) is 0 Å². The number of pyridine rings is 1. The van der Waals surface area contributed by atoms with Crippen LogP contribution in [0, 0.1) is 18.3 Å². The first kappa shape index (κ1) is 18.9. The highest BCUT2D eigenvalue weighted by Crippen LogP contribution is 2.26. The number of rotatable bonds is 5. The van der Waals surface area contributed by atoms with E-state index in [9.17, 15) is 4.79 Å². The second-order valence-corrected chi connectivity index (χ2v) is 6.57. The normalized spacial score (nSPS) is 10.3. The van der Waals surface area contributed by atoms with Gasteiger partial charge in [0.2, 0.25) is 0 Å². The fourth-order valence-electron chi connectivity index (χ4n) is 2.82. The summed E-state index contributed by atoms with van der Waals surface area (Å²) in [4.78, 5) is 21.0. The third-order valence-corrected chi connectivity index (χ3v) is 4.46. The molecule has 30 heavy (non-hydrogen) atoms. The van der Waals surface area contributed by atoms with Crippen molar-refractivity contribution in [2.75, 3.05) is 10.6 Å². The molecule has 0 fully saturated rings. The van der Waals surface area contributed by atoms with E-state index < -0.39 is 0 Å². The van der Waals surface area contributed by atoms with Crippen LogP contribution in [0.4, 0.5) is 17.4 Å². The standard InChI is InChI=1S/C23H17N5O2/c1-15-4-7-17(22(29)27-19-8-5-16(12-24)6-9-19)11-20(15)28-23-26-14-21(30-23)18-3-2-10-25-13-18/h2-11,13-14H,1H3,(H,26,28)(H,27,29). The molecule has 0 saturated carbocycles. The number of nitrogens with one attached hydrogen (secondary N) is 2. The summed E-state index contributed by atoms with van der Waals surface area (Å²) in [5.74, 6) is 0.337. The Balaban J connectivity index is 1.51. The molecule has 0 unspecified atom stereocenters. The van der Waals surface area contributed by atoms with Crippen LogP contribution in [-0.2, 0) is 0 Å². The van der Waals surface area contributed by atoms with Crippen molar-refractivity contribution in [3.05, 3.63) is 89.9 Å². The molecule has 1 amide bonds. The van der Waals surface area contributed by atoms with Crippen LogP contribution in [0.15, 0.2) is 77.6 Å². The summed E-state index contributed by atoms with van der Waals surface area (Å²) in [7, 11) is 0. The van der Waals surface area contributed by atoms with Gasteiger partial charge in [-0.25, -0.2) is 4.98 Å². The van der Waals surface area contributed by atoms with Gasteiger partial charge in [-0.05, 0) is 61.0 Å². The summed E-state index contributed by atoms with van der Waals surface area (Å²) < 4.78 is 5.76. The SMILES string of the molecule is Cc1ccc(C(=O)Nc2ccc(C#N)cc2)cc1Nc1ncc(-c2cccnc2)o1. The zero-order chi connectivity index (χ0) is 20.9. The number of amides is 1. The number of aromatic nitrogens is 2. The predicted molar refractivity (Wildman–Crippen MR) is 113 cm³/mol. The van der Waals surface area contributed by atoms with Crippen LogP contribution in [0.1, 0.15) is 21.5 Å². The summed E-state index contributed by atoms with van der Waals surface area (Å²) in [6.45, 7) is 1.93. The first-order chi connectivity index (χ1) is 14.6. The smallest absolute Gasteiger partial charge is 0.299 e. The number of anilines is 3. The van der Waals surface area contributed by atoms with Crippen LogP contribution in [-0.4, -0.2) is 15.9 Å². The van der Waals surface area contributed by atoms with Crippen LogP contribution < -0.4 is 10.6 Å². The van der Waals surface area contributed by atoms with Gasteiger partial charge in [0.05, 0.1) is 17.8 Å². The highest BCUT2D eigenvalue weighted by atomic mass is 16.4. The summed E-state index contributed by atoms with van der Waals surface area (Å²) in [5.41, 5.74) is 4.10. The minimum Gasteiger partial charge on any atom is -0.423 e. The molecule has 0 aliphatic rings. The van der Waals surface area contributed by atoms with E-state index in [1.165, 1.54) is 0 Å². The molecule has 7 nitrogen and oxygen atoms in total. The number of aryl methyl sites for hydroxylation is 1. The van der Waals surface area contributed by atoms with E-state index in [1.54, 1.807) is 55.0 Å². The maximum atomic E-state index is 12.6. The third kappa shape index (κ3) is 4.18. The first-order valence-electron chi connectivity index (χ1n) is 9.18. The quantitative estimate of drug-likeness (QED) is 0.497. The summed E-state index contributed by atoms with van der Waals surface area (Å²) in [5, 5.41) is 14.8. The van der Waals surface area contributed by atoms with Gasteiger partial charge in [-0.1, -0.05) is 6.07 Å². The molecule has 2 N–H and O–H groups in total. The average molecular weight is 395 g/mol. The number of nitrogens with zero attached hydrogens (tertiary/aromatic N) is 3. The largest absolute Gasteiger partial charge is 0.423 e. The Morgan fingerprint density at radius 1 is 1.10 bits per heavy atom. The molecule has 2 heterocycles. The average Bonchev–Trinajstić information content (AvgIpc) is 3.25. The van der Waals surface area contributed by atoms with Gasteiger partial charge in [-0.2, -0.15) is 5.26 Å². The zero-order valence-corrected chi connectivity index (χ0v) is 16.1. The van der Waals surface area contributed by atoms with Gasteiger partial charge in [0, 0.05) is 34.9 Å². The Bertz CT molecular complexity index is 1220. The van der Waals surface area contributed by atoms with Crippen molar-refractivity contribution in [1.29, 1.82) is 5.26 Å². The van der Waals surface area contributed by atoms with Crippen molar-refractivity contribution < 1.29 is 9.21 Å². The van der Waals surface area contributed by atoms with Crippen LogP contribution in [0.25, 0.3) is 11.3 Å². The minimum atomic E-state index is -0.258. The van der Waals surface area contributed by atoms with Gasteiger partial charge in [0.15, 0.2) is 5.76 Å². The van der Waals surface area contributed by atoms with Crippen LogP contribution >= 0.6 is 0 Å². The molecular formula is C23H17N5O2. The molecule has 4 rings (SSSR count). The zero-order valence-electron chi connectivity index (χ0n) is 16.1. The molecule has 0 spiro atoms. The topological polar surface area (TPSA) is 104 Å². The lowest BCUT2D eigenvalue weighted by Gasteiger charge is -2.10. The highest BCUT2D eigenvalue weighted by Gasteiger charge is 2.12. The van der Waals surface area contributed by atoms with E-state index in [0.717, 1.165) is 11.1 Å². The fraction of sp³-hybridized carbons (Fsp3) is 0.0435. The molecule has 2 aromatic heterocycles. The predicted octanol–water partition coefficient (Wildman–Crippen LogP) is 4.91. The summed E-state index contributed by atoms with van der Waals surface area (Å²) >= 11 is 0. The van der Waals surface area contributed by atoms with Crippen LogP contribution in [0.3, 0.4) is 0 Å². The van der Waals surface area contributed by atoms with Crippen molar-refractivity contribution >= 4 is 23.3 Å². The second kappa shape index (κ2) is 8.29. The number of carbonyl (C=O) groups is 1. The number of hydrogen-bond acceptors (Lipinski definition) is 6. The number of hydrogen-bond donors (Lipinski definition) is 2. The molecule has 0 aliphatic heterocycles. The van der Waals surface area contributed by atoms with E-state index in [2.05, 4.69) is 20.6 Å². The third-order valence-electron chi connectivity index (χ3n) is 4.46. The van der Waals surface area contributed by atoms with E-state index >= 15 is 0 Å². The molecule has 146 valence electrons. The van der Waals surface area contributed by atoms with E-state index in [0.29, 0.717) is 34.3 Å². The Morgan fingerprint density at radius 3 is 2.67 bits per heavy atom. The van der Waals surface area contributed by atoms with Crippen molar-refractivity contribution in [1.82, 2.24) is 9.97 Å². The molecule has 0 bridgehead atoms. The number of nitriles is 1.